The number of rotatable bonds is 30. The topological polar surface area (TPSA) is 207 Å². The molecule has 1 aliphatic carbocycles. The fourth-order valence-electron chi connectivity index (χ4n) is 8.36. The second-order valence-electron chi connectivity index (χ2n) is 19.6. The number of Topliss-reactive ketones (excluding diaryl/α,β-unsaturated/α-hetero) is 1. The molecule has 3 atom stereocenters. The summed E-state index contributed by atoms with van der Waals surface area (Å²) in [6.45, 7) is 12.3. The number of carbonyl (C=O) groups excluding carboxylic acids is 4. The molecule has 392 valence electrons. The first kappa shape index (κ1) is 56.2. The van der Waals surface area contributed by atoms with E-state index in [1.165, 1.54) is 4.90 Å². The maximum absolute atomic E-state index is 14.0. The highest BCUT2D eigenvalue weighted by Gasteiger charge is 2.44. The first-order valence-electron chi connectivity index (χ1n) is 25.2. The third kappa shape index (κ3) is 17.6. The van der Waals surface area contributed by atoms with Crippen LogP contribution in [0.5, 0.6) is 5.75 Å². The van der Waals surface area contributed by atoms with E-state index >= 15 is 0 Å². The van der Waals surface area contributed by atoms with E-state index in [9.17, 15) is 24.3 Å². The maximum atomic E-state index is 14.0. The smallest absolute Gasteiger partial charge is 0.243 e. The third-order valence-corrected chi connectivity index (χ3v) is 14.4. The molecule has 4 aromatic rings. The lowest BCUT2D eigenvalue weighted by atomic mass is 9.77. The van der Waals surface area contributed by atoms with Crippen molar-refractivity contribution in [2.24, 2.45) is 17.3 Å². The molecule has 2 aromatic carbocycles. The molecule has 0 bridgehead atoms. The number of hydrogen-bond donors (Lipinski definition) is 4. The van der Waals surface area contributed by atoms with Crippen LogP contribution in [0, 0.1) is 24.2 Å². The van der Waals surface area contributed by atoms with Gasteiger partial charge in [-0.25, -0.2) is 9.97 Å². The highest BCUT2D eigenvalue weighted by Crippen LogP contribution is 2.34. The number of likely N-dealkylation sites (N-methyl/N-ethyl adjacent to an activating group) is 1. The molecule has 0 spiro atoms. The quantitative estimate of drug-likeness (QED) is 0.0366. The molecule has 4 N–H and O–H groups in total. The molecule has 2 fully saturated rings. The number of ether oxygens (including phenoxy) is 4. The van der Waals surface area contributed by atoms with E-state index in [2.05, 4.69) is 46.8 Å². The number of nitrogens with one attached hydrogen (secondary N) is 3. The number of thiazole rings is 1. The molecular formula is C53H73BrN8O9S. The number of likely N-dealkylation sites (tertiary alicyclic amines) is 1. The predicted molar refractivity (Wildman–Crippen MR) is 282 cm³/mol. The number of aryl methyl sites for hydroxylation is 1. The van der Waals surface area contributed by atoms with Crippen molar-refractivity contribution in [2.75, 3.05) is 83.6 Å². The summed E-state index contributed by atoms with van der Waals surface area (Å²) in [5.74, 6) is 0.720. The molecule has 1 saturated heterocycles. The molecule has 2 aliphatic rings. The minimum Gasteiger partial charge on any atom is -0.494 e. The van der Waals surface area contributed by atoms with Crippen LogP contribution in [-0.2, 0) is 39.9 Å². The number of benzene rings is 2. The lowest BCUT2D eigenvalue weighted by Gasteiger charge is -2.34. The molecule has 3 heterocycles. The normalized spacial score (nSPS) is 16.2. The van der Waals surface area contributed by atoms with Gasteiger partial charge in [0.1, 0.15) is 24.2 Å². The molecule has 2 aromatic heterocycles. The lowest BCUT2D eigenvalue weighted by Crippen LogP contribution is -2.50. The van der Waals surface area contributed by atoms with Crippen LogP contribution < -0.4 is 20.7 Å². The van der Waals surface area contributed by atoms with Crippen molar-refractivity contribution in [1.82, 2.24) is 30.1 Å². The second-order valence-corrected chi connectivity index (χ2v) is 21.3. The zero-order valence-electron chi connectivity index (χ0n) is 42.5. The Labute approximate surface area is 436 Å². The summed E-state index contributed by atoms with van der Waals surface area (Å²) in [6, 6.07) is 14.7. The Hall–Kier alpha value is -5.05. The molecule has 3 amide bonds. The number of aliphatic hydroxyl groups is 1. The van der Waals surface area contributed by atoms with E-state index in [-0.39, 0.29) is 62.0 Å². The van der Waals surface area contributed by atoms with Crippen molar-refractivity contribution in [1.29, 1.82) is 0 Å². The Morgan fingerprint density at radius 1 is 0.917 bits per heavy atom. The van der Waals surface area contributed by atoms with Crippen molar-refractivity contribution in [3.8, 4) is 16.2 Å². The zero-order valence-corrected chi connectivity index (χ0v) is 44.9. The number of β-amino-alcohol motifs (C(OH)–C–C–N with tert-alkyl or cyclic N) is 1. The second kappa shape index (κ2) is 28.4. The number of amides is 3. The van der Waals surface area contributed by atoms with Crippen molar-refractivity contribution in [2.45, 2.75) is 104 Å². The third-order valence-electron chi connectivity index (χ3n) is 12.9. The average molecular weight is 1080 g/mol. The number of aromatic nitrogens is 3. The van der Waals surface area contributed by atoms with E-state index in [0.717, 1.165) is 76.1 Å². The Kier molecular flexibility index (Phi) is 22.2. The molecule has 19 heteroatoms. The standard InChI is InChI=1S/C53H73BrN8O9S/c1-36-47(72-35-58-36)38-15-13-37(14-16-38)31-56-49(65)46-30-41(63)33-62(46)51(67)44(53(2,3)4)29-42(64)34-70-27-9-25-68-23-6-7-24-69-26-10-28-71-43-19-17-40(18-20-43)59-52-57-32-45(54)48(60-52)55-21-22-61(5)50(66)39-11-8-12-39/h13-20,32,35,39,41,44,46,63H,6-12,21-31,33-34H2,1-5H3,(H,56,65)(H2,55,57,59,60)/t41-,44-,46+/m0/s1. The first-order valence-corrected chi connectivity index (χ1v) is 26.9. The van der Waals surface area contributed by atoms with Gasteiger partial charge >= 0.3 is 0 Å². The van der Waals surface area contributed by atoms with Gasteiger partial charge in [0, 0.05) is 109 Å². The van der Waals surface area contributed by atoms with Gasteiger partial charge in [-0.05, 0) is 95.8 Å². The Morgan fingerprint density at radius 2 is 1.60 bits per heavy atom. The van der Waals surface area contributed by atoms with Gasteiger partial charge in [-0.2, -0.15) is 4.98 Å². The van der Waals surface area contributed by atoms with Gasteiger partial charge in [-0.3, -0.25) is 19.2 Å². The number of hydrogen-bond acceptors (Lipinski definition) is 15. The highest BCUT2D eigenvalue weighted by molar-refractivity contribution is 9.10. The number of carbonyl (C=O) groups is 4. The average Bonchev–Trinajstić information content (AvgIpc) is 3.96. The van der Waals surface area contributed by atoms with E-state index in [0.29, 0.717) is 70.9 Å². The number of unbranched alkanes of at least 4 members (excludes halogenated alkanes) is 1. The molecule has 0 radical (unpaired) electrons. The largest absolute Gasteiger partial charge is 0.494 e. The van der Waals surface area contributed by atoms with Gasteiger partial charge in [0.05, 0.1) is 33.3 Å². The number of ketones is 1. The summed E-state index contributed by atoms with van der Waals surface area (Å²) < 4.78 is 23.8. The van der Waals surface area contributed by atoms with Crippen LogP contribution in [0.3, 0.4) is 0 Å². The van der Waals surface area contributed by atoms with Crippen LogP contribution in [0.4, 0.5) is 17.5 Å². The summed E-state index contributed by atoms with van der Waals surface area (Å²) in [6.07, 6.45) is 7.21. The van der Waals surface area contributed by atoms with E-state index in [1.807, 2.05) is 88.8 Å². The molecular weight excluding hydrogens is 1000 g/mol. The lowest BCUT2D eigenvalue weighted by molar-refractivity contribution is -0.146. The summed E-state index contributed by atoms with van der Waals surface area (Å²) in [4.78, 5) is 70.6. The number of anilines is 3. The van der Waals surface area contributed by atoms with Crippen LogP contribution in [0.25, 0.3) is 10.4 Å². The maximum Gasteiger partial charge on any atom is 0.243 e. The van der Waals surface area contributed by atoms with Crippen LogP contribution in [-0.4, -0.2) is 138 Å². The SMILES string of the molecule is Cc1ncsc1-c1ccc(CNC(=O)[C@H]2C[C@H](O)CN2C(=O)[C@H](CC(=O)COCCCOCCCCOCCCOc2ccc(Nc3ncc(Br)c(NCCN(C)C(=O)C4CCC4)n3)cc2)C(C)(C)C)cc1. The Bertz CT molecular complexity index is 2340. The summed E-state index contributed by atoms with van der Waals surface area (Å²) in [5, 5.41) is 20.0. The minimum atomic E-state index is -0.833. The van der Waals surface area contributed by atoms with Crippen LogP contribution >= 0.6 is 27.3 Å². The zero-order chi connectivity index (χ0) is 51.5. The molecule has 6 rings (SSSR count). The van der Waals surface area contributed by atoms with Crippen molar-refractivity contribution >= 4 is 68.2 Å². The van der Waals surface area contributed by atoms with Crippen molar-refractivity contribution < 1.29 is 43.2 Å². The Balaban J connectivity index is 0.767. The van der Waals surface area contributed by atoms with Crippen LogP contribution in [0.1, 0.15) is 89.8 Å². The van der Waals surface area contributed by atoms with Gasteiger partial charge < -0.3 is 49.8 Å². The predicted octanol–water partition coefficient (Wildman–Crippen LogP) is 7.97. The molecule has 1 aliphatic heterocycles. The summed E-state index contributed by atoms with van der Waals surface area (Å²) >= 11 is 5.09. The van der Waals surface area contributed by atoms with Crippen molar-refractivity contribution in [3.63, 3.8) is 0 Å². The monoisotopic (exact) mass is 1080 g/mol. The minimum absolute atomic E-state index is 0.0247. The highest BCUT2D eigenvalue weighted by atomic mass is 79.9. The van der Waals surface area contributed by atoms with Crippen molar-refractivity contribution in [3.05, 3.63) is 76.0 Å². The van der Waals surface area contributed by atoms with Crippen LogP contribution in [0.15, 0.2) is 64.7 Å². The van der Waals surface area contributed by atoms with Gasteiger partial charge in [0.2, 0.25) is 23.7 Å². The fraction of sp³-hybridized carbons (Fsp3) is 0.566. The van der Waals surface area contributed by atoms with E-state index in [4.69, 9.17) is 18.9 Å². The number of halogens is 1. The number of nitrogens with zero attached hydrogens (tertiary/aromatic N) is 5. The van der Waals surface area contributed by atoms with Gasteiger partial charge in [-0.15, -0.1) is 11.3 Å². The van der Waals surface area contributed by atoms with Gasteiger partial charge in [-0.1, -0.05) is 51.5 Å². The first-order chi connectivity index (χ1) is 34.7. The van der Waals surface area contributed by atoms with E-state index < -0.39 is 23.5 Å². The number of aliphatic hydroxyl groups excluding tert-OH is 1. The van der Waals surface area contributed by atoms with Crippen LogP contribution in [0.2, 0.25) is 0 Å². The Morgan fingerprint density at radius 3 is 2.25 bits per heavy atom. The summed E-state index contributed by atoms with van der Waals surface area (Å²) in [5.41, 5.74) is 5.02. The summed E-state index contributed by atoms with van der Waals surface area (Å²) in [7, 11) is 1.85. The molecule has 1 saturated carbocycles. The molecule has 17 nitrogen and oxygen atoms in total. The fourth-order valence-corrected chi connectivity index (χ4v) is 9.51. The van der Waals surface area contributed by atoms with Gasteiger partial charge in [0.25, 0.3) is 0 Å². The molecule has 0 unspecified atom stereocenters. The van der Waals surface area contributed by atoms with Gasteiger partial charge in [0.15, 0.2) is 5.78 Å². The van der Waals surface area contributed by atoms with E-state index in [1.54, 1.807) is 22.4 Å². The molecule has 72 heavy (non-hydrogen) atoms.